The van der Waals surface area contributed by atoms with Gasteiger partial charge >= 0.3 is 6.03 Å². The normalized spacial score (nSPS) is 15.3. The molecule has 2 heterocycles. The number of urea groups is 1. The smallest absolute Gasteiger partial charge is 0.321 e. The lowest BCUT2D eigenvalue weighted by atomic mass is 10.0. The molecule has 1 aliphatic rings. The van der Waals surface area contributed by atoms with Crippen LogP contribution in [0, 0.1) is 5.92 Å². The van der Waals surface area contributed by atoms with Gasteiger partial charge in [-0.15, -0.1) is 0 Å². The third kappa shape index (κ3) is 3.49. The summed E-state index contributed by atoms with van der Waals surface area (Å²) in [6.07, 6.45) is 7.35. The summed E-state index contributed by atoms with van der Waals surface area (Å²) in [6, 6.07) is 3.65. The van der Waals surface area contributed by atoms with Gasteiger partial charge in [0.1, 0.15) is 0 Å². The van der Waals surface area contributed by atoms with Gasteiger partial charge in [0.25, 0.3) is 0 Å². The third-order valence-electron chi connectivity index (χ3n) is 3.35. The van der Waals surface area contributed by atoms with Crippen molar-refractivity contribution in [2.75, 3.05) is 12.4 Å². The summed E-state index contributed by atoms with van der Waals surface area (Å²) >= 11 is 1.29. The fourth-order valence-electron chi connectivity index (χ4n) is 2.16. The number of methoxy groups -OCH3 is 1. The summed E-state index contributed by atoms with van der Waals surface area (Å²) in [6.45, 7) is 0. The maximum atomic E-state index is 12.1. The Morgan fingerprint density at radius 2 is 2.19 bits per heavy atom. The summed E-state index contributed by atoms with van der Waals surface area (Å²) in [7, 11) is 1.57. The number of hydrogen-bond donors (Lipinski definition) is 2. The number of thiazole rings is 1. The van der Waals surface area contributed by atoms with E-state index in [0.717, 1.165) is 18.4 Å². The summed E-state index contributed by atoms with van der Waals surface area (Å²) < 4.78 is 5.05. The van der Waals surface area contributed by atoms with E-state index in [9.17, 15) is 4.79 Å². The Morgan fingerprint density at radius 1 is 1.43 bits per heavy atom. The van der Waals surface area contributed by atoms with Crippen LogP contribution in [-0.4, -0.2) is 23.1 Å². The van der Waals surface area contributed by atoms with Gasteiger partial charge in [-0.2, -0.15) is 0 Å². The first-order valence-electron chi connectivity index (χ1n) is 6.73. The van der Waals surface area contributed by atoms with Crippen LogP contribution < -0.4 is 15.4 Å². The van der Waals surface area contributed by atoms with E-state index in [1.54, 1.807) is 25.7 Å². The molecule has 2 aromatic heterocycles. The second-order valence-electron chi connectivity index (χ2n) is 4.88. The van der Waals surface area contributed by atoms with Gasteiger partial charge in [-0.25, -0.2) is 9.78 Å². The zero-order valence-corrected chi connectivity index (χ0v) is 12.4. The van der Waals surface area contributed by atoms with Crippen LogP contribution in [0.3, 0.4) is 0 Å². The van der Waals surface area contributed by atoms with Crippen molar-refractivity contribution in [3.63, 3.8) is 0 Å². The van der Waals surface area contributed by atoms with Gasteiger partial charge in [-0.1, -0.05) is 11.3 Å². The summed E-state index contributed by atoms with van der Waals surface area (Å²) in [5.41, 5.74) is 1.08. The van der Waals surface area contributed by atoms with E-state index in [-0.39, 0.29) is 12.1 Å². The van der Waals surface area contributed by atoms with E-state index in [1.165, 1.54) is 11.3 Å². The van der Waals surface area contributed by atoms with E-state index >= 15 is 0 Å². The molecular formula is C14H16N4O2S. The van der Waals surface area contributed by atoms with Crippen LogP contribution in [0.5, 0.6) is 5.06 Å². The number of hydrogen-bond acceptors (Lipinski definition) is 5. The average Bonchev–Trinajstić information content (AvgIpc) is 3.25. The molecule has 2 amide bonds. The minimum absolute atomic E-state index is 0.0230. The Labute approximate surface area is 126 Å². The Balaban J connectivity index is 1.64. The van der Waals surface area contributed by atoms with Crippen molar-refractivity contribution in [3.05, 3.63) is 36.3 Å². The van der Waals surface area contributed by atoms with E-state index in [1.807, 2.05) is 12.1 Å². The van der Waals surface area contributed by atoms with Crippen LogP contribution in [0.1, 0.15) is 24.4 Å². The highest BCUT2D eigenvalue weighted by Gasteiger charge is 2.33. The Kier molecular flexibility index (Phi) is 4.01. The number of pyridine rings is 1. The molecule has 0 radical (unpaired) electrons. The van der Waals surface area contributed by atoms with E-state index in [2.05, 4.69) is 20.6 Å². The Hall–Kier alpha value is -2.15. The summed E-state index contributed by atoms with van der Waals surface area (Å²) in [5, 5.41) is 6.95. The Morgan fingerprint density at radius 3 is 2.81 bits per heavy atom. The zero-order chi connectivity index (χ0) is 14.7. The predicted molar refractivity (Wildman–Crippen MR) is 80.5 cm³/mol. The lowest BCUT2D eigenvalue weighted by Gasteiger charge is -2.18. The van der Waals surface area contributed by atoms with E-state index in [0.29, 0.717) is 16.1 Å². The van der Waals surface area contributed by atoms with Crippen molar-refractivity contribution in [2.45, 2.75) is 18.9 Å². The highest BCUT2D eigenvalue weighted by Crippen LogP contribution is 2.40. The second kappa shape index (κ2) is 6.09. The number of nitrogens with one attached hydrogen (secondary N) is 2. The molecule has 1 fully saturated rings. The van der Waals surface area contributed by atoms with Crippen molar-refractivity contribution in [1.29, 1.82) is 0 Å². The van der Waals surface area contributed by atoms with Gasteiger partial charge in [0, 0.05) is 12.4 Å². The van der Waals surface area contributed by atoms with Crippen LogP contribution in [0.4, 0.5) is 9.93 Å². The highest BCUT2D eigenvalue weighted by atomic mass is 32.1. The number of nitrogens with zero attached hydrogens (tertiary/aromatic N) is 2. The molecule has 110 valence electrons. The minimum Gasteiger partial charge on any atom is -0.486 e. The average molecular weight is 304 g/mol. The molecule has 6 nitrogen and oxygen atoms in total. The number of amides is 2. The molecule has 2 aromatic rings. The first-order chi connectivity index (χ1) is 10.3. The van der Waals surface area contributed by atoms with Gasteiger partial charge in [-0.3, -0.25) is 10.3 Å². The Bertz CT molecular complexity index is 612. The molecule has 0 bridgehead atoms. The lowest BCUT2D eigenvalue weighted by Crippen LogP contribution is -2.33. The summed E-state index contributed by atoms with van der Waals surface area (Å²) in [4.78, 5) is 20.2. The fourth-order valence-corrected chi connectivity index (χ4v) is 2.79. The molecule has 0 saturated heterocycles. The largest absolute Gasteiger partial charge is 0.486 e. The highest BCUT2D eigenvalue weighted by molar-refractivity contribution is 7.17. The number of carbonyl (C=O) groups is 1. The SMILES string of the molecule is COc1cnc(NC(=O)NC(c2ccncc2)C2CC2)s1. The molecule has 3 rings (SSSR count). The first kappa shape index (κ1) is 13.8. The quantitative estimate of drug-likeness (QED) is 0.890. The maximum Gasteiger partial charge on any atom is 0.321 e. The zero-order valence-electron chi connectivity index (χ0n) is 11.6. The van der Waals surface area contributed by atoms with Crippen molar-refractivity contribution in [1.82, 2.24) is 15.3 Å². The monoisotopic (exact) mass is 304 g/mol. The van der Waals surface area contributed by atoms with Crippen molar-refractivity contribution in [3.8, 4) is 5.06 Å². The van der Waals surface area contributed by atoms with Crippen LogP contribution in [0.2, 0.25) is 0 Å². The van der Waals surface area contributed by atoms with Gasteiger partial charge in [0.05, 0.1) is 19.3 Å². The van der Waals surface area contributed by atoms with Crippen LogP contribution in [0.25, 0.3) is 0 Å². The number of rotatable bonds is 5. The molecule has 0 spiro atoms. The topological polar surface area (TPSA) is 76.1 Å². The van der Waals surface area contributed by atoms with Gasteiger partial charge in [-0.05, 0) is 36.5 Å². The number of aromatic nitrogens is 2. The maximum absolute atomic E-state index is 12.1. The first-order valence-corrected chi connectivity index (χ1v) is 7.55. The van der Waals surface area contributed by atoms with Gasteiger partial charge in [0.15, 0.2) is 10.2 Å². The van der Waals surface area contributed by atoms with Crippen molar-refractivity contribution < 1.29 is 9.53 Å². The van der Waals surface area contributed by atoms with Crippen LogP contribution in [0.15, 0.2) is 30.7 Å². The van der Waals surface area contributed by atoms with Gasteiger partial charge in [0.2, 0.25) is 0 Å². The predicted octanol–water partition coefficient (Wildman–Crippen LogP) is 2.82. The minimum atomic E-state index is -0.249. The standard InChI is InChI=1S/C14H16N4O2S/c1-20-11-8-16-14(21-11)18-13(19)17-12(9-2-3-9)10-4-6-15-7-5-10/h4-9,12H,2-3H2,1H3,(H2,16,17,18,19). The number of ether oxygens (including phenoxy) is 1. The van der Waals surface area contributed by atoms with Crippen LogP contribution >= 0.6 is 11.3 Å². The van der Waals surface area contributed by atoms with Gasteiger partial charge < -0.3 is 10.1 Å². The summed E-state index contributed by atoms with van der Waals surface area (Å²) in [5.74, 6) is 0.504. The van der Waals surface area contributed by atoms with E-state index in [4.69, 9.17) is 4.74 Å². The molecular weight excluding hydrogens is 288 g/mol. The fraction of sp³-hybridized carbons (Fsp3) is 0.357. The molecule has 7 heteroatoms. The molecule has 1 unspecified atom stereocenters. The molecule has 0 aromatic carbocycles. The number of carbonyl (C=O) groups excluding carboxylic acids is 1. The molecule has 1 saturated carbocycles. The van der Waals surface area contributed by atoms with Crippen molar-refractivity contribution in [2.24, 2.45) is 5.92 Å². The van der Waals surface area contributed by atoms with E-state index < -0.39 is 0 Å². The second-order valence-corrected chi connectivity index (χ2v) is 5.88. The third-order valence-corrected chi connectivity index (χ3v) is 4.23. The number of anilines is 1. The molecule has 2 N–H and O–H groups in total. The molecule has 0 aliphatic heterocycles. The molecule has 1 atom stereocenters. The molecule has 1 aliphatic carbocycles. The van der Waals surface area contributed by atoms with Crippen LogP contribution in [-0.2, 0) is 0 Å². The molecule has 21 heavy (non-hydrogen) atoms. The van der Waals surface area contributed by atoms with Crippen molar-refractivity contribution >= 4 is 22.5 Å². The lowest BCUT2D eigenvalue weighted by molar-refractivity contribution is 0.247.